The lowest BCUT2D eigenvalue weighted by molar-refractivity contribution is 0.0604. The Morgan fingerprint density at radius 3 is 2.59 bits per heavy atom. The normalized spacial score (nSPS) is 12.2. The first kappa shape index (κ1) is 24.0. The molecule has 1 heterocycles. The maximum atomic E-state index is 13.4. The van der Waals surface area contributed by atoms with Crippen LogP contribution in [-0.4, -0.2) is 40.6 Å². The molecule has 6 nitrogen and oxygen atoms in total. The highest BCUT2D eigenvalue weighted by molar-refractivity contribution is 6.31. The number of benzene rings is 2. The fraction of sp³-hybridized carbons (Fsp3) is 0.400. The molecule has 0 fully saturated rings. The van der Waals surface area contributed by atoms with Gasteiger partial charge in [-0.1, -0.05) is 37.1 Å². The third-order valence-electron chi connectivity index (χ3n) is 5.73. The van der Waals surface area contributed by atoms with E-state index in [9.17, 15) is 9.59 Å². The summed E-state index contributed by atoms with van der Waals surface area (Å²) in [5.41, 5.74) is 2.18. The molecule has 2 aromatic carbocycles. The van der Waals surface area contributed by atoms with Crippen molar-refractivity contribution in [2.45, 2.75) is 39.2 Å². The summed E-state index contributed by atoms with van der Waals surface area (Å²) < 4.78 is 6.74. The molecular weight excluding hydrogens is 426 g/mol. The second-order valence-corrected chi connectivity index (χ2v) is 8.40. The van der Waals surface area contributed by atoms with Gasteiger partial charge in [0.1, 0.15) is 5.82 Å². The monoisotopic (exact) mass is 455 g/mol. The Hall–Kier alpha value is -2.70. The zero-order valence-corrected chi connectivity index (χ0v) is 19.9. The number of aromatic nitrogens is 2. The molecule has 1 amide bonds. The summed E-state index contributed by atoms with van der Waals surface area (Å²) in [7, 11) is 3.27. The van der Waals surface area contributed by atoms with Crippen LogP contribution in [0, 0.1) is 0 Å². The van der Waals surface area contributed by atoms with Crippen LogP contribution < -0.4 is 5.56 Å². The number of hydrogen-bond donors (Lipinski definition) is 0. The van der Waals surface area contributed by atoms with Crippen LogP contribution in [0.25, 0.3) is 10.9 Å². The molecular formula is C25H30ClN3O3. The summed E-state index contributed by atoms with van der Waals surface area (Å²) in [5, 5.41) is 0.935. The van der Waals surface area contributed by atoms with E-state index in [-0.39, 0.29) is 11.5 Å². The van der Waals surface area contributed by atoms with E-state index in [1.54, 1.807) is 37.3 Å². The molecule has 1 unspecified atom stereocenters. The van der Waals surface area contributed by atoms with E-state index >= 15 is 0 Å². The molecule has 1 atom stereocenters. The van der Waals surface area contributed by atoms with Crippen LogP contribution in [-0.2, 0) is 18.2 Å². The number of halogens is 1. The molecule has 32 heavy (non-hydrogen) atoms. The molecule has 170 valence electrons. The number of unbranched alkanes of at least 4 members (excludes halogenated alkanes) is 1. The van der Waals surface area contributed by atoms with Gasteiger partial charge in [0.15, 0.2) is 0 Å². The molecule has 0 aliphatic carbocycles. The number of hydrogen-bond acceptors (Lipinski definition) is 4. The first-order valence-electron chi connectivity index (χ1n) is 10.9. The fourth-order valence-corrected chi connectivity index (χ4v) is 3.97. The maximum Gasteiger partial charge on any atom is 0.261 e. The molecule has 0 spiro atoms. The van der Waals surface area contributed by atoms with Crippen molar-refractivity contribution >= 4 is 28.4 Å². The lowest BCUT2D eigenvalue weighted by Gasteiger charge is -2.30. The van der Waals surface area contributed by atoms with Crippen LogP contribution in [0.4, 0.5) is 0 Å². The average Bonchev–Trinajstić information content (AvgIpc) is 2.80. The Balaban J connectivity index is 1.96. The lowest BCUT2D eigenvalue weighted by atomic mass is 10.1. The predicted octanol–water partition coefficient (Wildman–Crippen LogP) is 4.78. The molecule has 7 heteroatoms. The third kappa shape index (κ3) is 5.19. The minimum atomic E-state index is -0.435. The Kier molecular flexibility index (Phi) is 8.04. The number of methoxy groups -OCH3 is 1. The lowest BCUT2D eigenvalue weighted by Crippen LogP contribution is -2.39. The van der Waals surface area contributed by atoms with Gasteiger partial charge in [0.2, 0.25) is 0 Å². The van der Waals surface area contributed by atoms with Gasteiger partial charge in [-0.05, 0) is 55.7 Å². The van der Waals surface area contributed by atoms with Gasteiger partial charge in [-0.25, -0.2) is 4.98 Å². The van der Waals surface area contributed by atoms with Crippen molar-refractivity contribution < 1.29 is 9.53 Å². The van der Waals surface area contributed by atoms with Gasteiger partial charge in [0.05, 0.1) is 23.6 Å². The van der Waals surface area contributed by atoms with Crippen LogP contribution in [0.5, 0.6) is 0 Å². The molecule has 0 N–H and O–H groups in total. The fourth-order valence-electron chi connectivity index (χ4n) is 3.79. The van der Waals surface area contributed by atoms with Crippen molar-refractivity contribution in [3.8, 4) is 0 Å². The Bertz CT molecular complexity index is 1140. The van der Waals surface area contributed by atoms with Gasteiger partial charge in [-0.15, -0.1) is 0 Å². The molecule has 0 bridgehead atoms. The summed E-state index contributed by atoms with van der Waals surface area (Å²) in [5.74, 6) is 0.385. The Labute approximate surface area is 193 Å². The molecule has 0 saturated heterocycles. The predicted molar refractivity (Wildman–Crippen MR) is 128 cm³/mol. The van der Waals surface area contributed by atoms with Gasteiger partial charge >= 0.3 is 0 Å². The second kappa shape index (κ2) is 10.7. The van der Waals surface area contributed by atoms with Crippen LogP contribution in [0.2, 0.25) is 5.02 Å². The van der Waals surface area contributed by atoms with E-state index in [0.717, 1.165) is 19.3 Å². The second-order valence-electron chi connectivity index (χ2n) is 7.96. The van der Waals surface area contributed by atoms with Crippen LogP contribution >= 0.6 is 11.6 Å². The summed E-state index contributed by atoms with van der Waals surface area (Å²) in [6.45, 7) is 4.80. The van der Waals surface area contributed by atoms with Gasteiger partial charge in [0.25, 0.3) is 11.5 Å². The van der Waals surface area contributed by atoms with E-state index in [1.807, 2.05) is 31.2 Å². The quantitative estimate of drug-likeness (QED) is 0.465. The number of carbonyl (C=O) groups is 1. The number of amides is 1. The third-order valence-corrected chi connectivity index (χ3v) is 5.97. The highest BCUT2D eigenvalue weighted by Gasteiger charge is 2.26. The summed E-state index contributed by atoms with van der Waals surface area (Å²) >= 11 is 6.06. The molecule has 0 aliphatic rings. The molecule has 0 aliphatic heterocycles. The Morgan fingerprint density at radius 1 is 1.22 bits per heavy atom. The van der Waals surface area contributed by atoms with Crippen LogP contribution in [0.1, 0.15) is 54.5 Å². The molecule has 3 aromatic rings. The number of aryl methyl sites for hydroxylation is 1. The summed E-state index contributed by atoms with van der Waals surface area (Å²) in [6, 6.07) is 12.4. The topological polar surface area (TPSA) is 64.4 Å². The number of fused-ring (bicyclic) bond motifs is 1. The van der Waals surface area contributed by atoms with E-state index in [0.29, 0.717) is 40.5 Å². The Morgan fingerprint density at radius 2 is 1.94 bits per heavy atom. The van der Waals surface area contributed by atoms with Crippen LogP contribution in [0.3, 0.4) is 0 Å². The minimum Gasteiger partial charge on any atom is -0.383 e. The van der Waals surface area contributed by atoms with Crippen molar-refractivity contribution in [2.24, 2.45) is 7.05 Å². The van der Waals surface area contributed by atoms with Gasteiger partial charge in [-0.3, -0.25) is 14.2 Å². The first-order valence-corrected chi connectivity index (χ1v) is 11.3. The standard InChI is InChI=1S/C25H30ClN3O3/c1-5-6-7-18-8-10-19(11-9-18)24(30)29(14-15-32-4)17(2)23-27-22-13-12-20(26)16-21(22)25(31)28(23)3/h8-13,16-17H,5-7,14-15H2,1-4H3. The van der Waals surface area contributed by atoms with E-state index in [2.05, 4.69) is 6.92 Å². The van der Waals surface area contributed by atoms with E-state index < -0.39 is 6.04 Å². The molecule has 1 aromatic heterocycles. The highest BCUT2D eigenvalue weighted by Crippen LogP contribution is 2.23. The molecule has 3 rings (SSSR count). The highest BCUT2D eigenvalue weighted by atomic mass is 35.5. The van der Waals surface area contributed by atoms with Crippen molar-refractivity contribution in [1.29, 1.82) is 0 Å². The number of nitrogens with zero attached hydrogens (tertiary/aromatic N) is 3. The zero-order valence-electron chi connectivity index (χ0n) is 19.1. The first-order chi connectivity index (χ1) is 15.4. The SMILES string of the molecule is CCCCc1ccc(C(=O)N(CCOC)C(C)c2nc3ccc(Cl)cc3c(=O)n2C)cc1. The summed E-state index contributed by atoms with van der Waals surface area (Å²) in [4.78, 5) is 32.8. The van der Waals surface area contributed by atoms with Crippen LogP contribution in [0.15, 0.2) is 47.3 Å². The van der Waals surface area contributed by atoms with E-state index in [1.165, 1.54) is 10.1 Å². The van der Waals surface area contributed by atoms with E-state index in [4.69, 9.17) is 21.3 Å². The van der Waals surface area contributed by atoms with Gasteiger partial charge in [0, 0.05) is 31.3 Å². The number of ether oxygens (including phenoxy) is 1. The number of carbonyl (C=O) groups excluding carboxylic acids is 1. The average molecular weight is 456 g/mol. The smallest absolute Gasteiger partial charge is 0.261 e. The number of rotatable bonds is 9. The van der Waals surface area contributed by atoms with Gasteiger partial charge < -0.3 is 9.64 Å². The minimum absolute atomic E-state index is 0.123. The van der Waals surface area contributed by atoms with Gasteiger partial charge in [-0.2, -0.15) is 0 Å². The molecule has 0 saturated carbocycles. The summed E-state index contributed by atoms with van der Waals surface area (Å²) in [6.07, 6.45) is 3.26. The zero-order chi connectivity index (χ0) is 23.3. The van der Waals surface area contributed by atoms with Crippen molar-refractivity contribution in [2.75, 3.05) is 20.3 Å². The van der Waals surface area contributed by atoms with Crippen molar-refractivity contribution in [3.05, 3.63) is 74.8 Å². The molecule has 0 radical (unpaired) electrons. The maximum absolute atomic E-state index is 13.4. The van der Waals surface area contributed by atoms with Crippen molar-refractivity contribution in [1.82, 2.24) is 14.5 Å². The largest absolute Gasteiger partial charge is 0.383 e. The van der Waals surface area contributed by atoms with Crippen molar-refractivity contribution in [3.63, 3.8) is 0 Å².